The Kier molecular flexibility index (Phi) is 9.79. The van der Waals surface area contributed by atoms with Crippen LogP contribution in [0.2, 0.25) is 0 Å². The molecule has 3 aromatic carbocycles. The molecule has 0 bridgehead atoms. The van der Waals surface area contributed by atoms with Crippen molar-refractivity contribution in [2.24, 2.45) is 5.92 Å². The first-order chi connectivity index (χ1) is 20.8. The van der Waals surface area contributed by atoms with Crippen LogP contribution >= 0.6 is 0 Å². The highest BCUT2D eigenvalue weighted by atomic mass is 16.5. The number of likely N-dealkylation sites (tertiary alicyclic amines) is 1. The van der Waals surface area contributed by atoms with E-state index in [1.54, 1.807) is 17.0 Å². The summed E-state index contributed by atoms with van der Waals surface area (Å²) in [6.07, 6.45) is 0.685. The first kappa shape index (κ1) is 30.3. The van der Waals surface area contributed by atoms with Crippen LogP contribution < -0.4 is 9.47 Å². The molecule has 2 aliphatic rings. The molecule has 2 aliphatic heterocycles. The largest absolute Gasteiger partial charge is 0.507 e. The molecule has 2 fully saturated rings. The number of Topliss-reactive ketones (excluding diaryl/α,β-unsaturated/α-hetero) is 1. The molecule has 0 unspecified atom stereocenters. The Labute approximate surface area is 253 Å². The van der Waals surface area contributed by atoms with Gasteiger partial charge in [-0.3, -0.25) is 14.5 Å². The van der Waals surface area contributed by atoms with Gasteiger partial charge in [0.05, 0.1) is 31.4 Å². The lowest BCUT2D eigenvalue weighted by atomic mass is 9.93. The standard InChI is InChI=1S/C35H40N2O6/c1-24(2)23-42-28-13-14-30(25(3)21-28)33(38)31-32(26-9-7-12-29(22-26)43-27-10-5-4-6-11-27)37(35(40)34(31)39)16-8-15-36-17-19-41-20-18-36/h4-7,9-14,21-22,24,32,38H,8,15-20,23H2,1-3H3/t32-/m1/s1. The van der Waals surface area contributed by atoms with Crippen molar-refractivity contribution in [2.45, 2.75) is 33.2 Å². The molecule has 5 rings (SSSR count). The van der Waals surface area contributed by atoms with Gasteiger partial charge in [-0.15, -0.1) is 0 Å². The molecule has 0 aromatic heterocycles. The van der Waals surface area contributed by atoms with E-state index in [0.717, 1.165) is 25.2 Å². The second-order valence-electron chi connectivity index (χ2n) is 11.5. The van der Waals surface area contributed by atoms with E-state index in [-0.39, 0.29) is 11.3 Å². The third-order valence-corrected chi connectivity index (χ3v) is 7.71. The summed E-state index contributed by atoms with van der Waals surface area (Å²) >= 11 is 0. The fourth-order valence-corrected chi connectivity index (χ4v) is 5.52. The van der Waals surface area contributed by atoms with Gasteiger partial charge < -0.3 is 24.2 Å². The van der Waals surface area contributed by atoms with Crippen molar-refractivity contribution in [3.63, 3.8) is 0 Å². The van der Waals surface area contributed by atoms with Crippen molar-refractivity contribution in [3.8, 4) is 17.2 Å². The number of morpholine rings is 1. The van der Waals surface area contributed by atoms with Gasteiger partial charge in [0.1, 0.15) is 23.0 Å². The zero-order valence-electron chi connectivity index (χ0n) is 25.1. The summed E-state index contributed by atoms with van der Waals surface area (Å²) in [4.78, 5) is 31.0. The van der Waals surface area contributed by atoms with Crippen LogP contribution in [0.5, 0.6) is 17.2 Å². The molecular formula is C35H40N2O6. The zero-order valence-corrected chi connectivity index (χ0v) is 25.1. The van der Waals surface area contributed by atoms with Gasteiger partial charge in [0, 0.05) is 31.7 Å². The highest BCUT2D eigenvalue weighted by Gasteiger charge is 2.46. The summed E-state index contributed by atoms with van der Waals surface area (Å²) in [6.45, 7) is 10.8. The lowest BCUT2D eigenvalue weighted by molar-refractivity contribution is -0.140. The number of ketones is 1. The van der Waals surface area contributed by atoms with E-state index in [1.807, 2.05) is 67.6 Å². The number of ether oxygens (including phenoxy) is 3. The highest BCUT2D eigenvalue weighted by Crippen LogP contribution is 2.41. The van der Waals surface area contributed by atoms with Gasteiger partial charge in [-0.25, -0.2) is 0 Å². The Bertz CT molecular complexity index is 1460. The number of amides is 1. The molecule has 1 N–H and O–H groups in total. The zero-order chi connectivity index (χ0) is 30.3. The van der Waals surface area contributed by atoms with Crippen LogP contribution in [0.3, 0.4) is 0 Å². The molecule has 0 spiro atoms. The molecule has 0 saturated carbocycles. The number of aliphatic hydroxyl groups excluding tert-OH is 1. The number of hydrogen-bond donors (Lipinski definition) is 1. The summed E-state index contributed by atoms with van der Waals surface area (Å²) in [5.74, 6) is 0.810. The molecule has 8 nitrogen and oxygen atoms in total. The summed E-state index contributed by atoms with van der Waals surface area (Å²) in [5.41, 5.74) is 2.00. The normalized spacial score (nSPS) is 18.8. The van der Waals surface area contributed by atoms with Gasteiger partial charge in [-0.1, -0.05) is 44.2 Å². The minimum atomic E-state index is -0.764. The van der Waals surface area contributed by atoms with Gasteiger partial charge in [-0.2, -0.15) is 0 Å². The molecule has 8 heteroatoms. The Balaban J connectivity index is 1.49. The molecule has 3 aromatic rings. The quantitative estimate of drug-likeness (QED) is 0.169. The number of hydrogen-bond acceptors (Lipinski definition) is 7. The van der Waals surface area contributed by atoms with E-state index in [1.165, 1.54) is 0 Å². The minimum Gasteiger partial charge on any atom is -0.507 e. The smallest absolute Gasteiger partial charge is 0.295 e. The van der Waals surface area contributed by atoms with E-state index in [4.69, 9.17) is 14.2 Å². The first-order valence-corrected chi connectivity index (χ1v) is 15.0. The van der Waals surface area contributed by atoms with Crippen LogP contribution in [0.1, 0.15) is 43.0 Å². The van der Waals surface area contributed by atoms with Crippen molar-refractivity contribution >= 4 is 17.4 Å². The van der Waals surface area contributed by atoms with Crippen LogP contribution in [0, 0.1) is 12.8 Å². The minimum absolute atomic E-state index is 0.0761. The van der Waals surface area contributed by atoms with Crippen LogP contribution in [0.15, 0.2) is 78.4 Å². The Morgan fingerprint density at radius 2 is 1.67 bits per heavy atom. The number of para-hydroxylation sites is 1. The fraction of sp³-hybridized carbons (Fsp3) is 0.371. The van der Waals surface area contributed by atoms with Crippen molar-refractivity contribution in [3.05, 3.63) is 95.1 Å². The van der Waals surface area contributed by atoms with Crippen LogP contribution in [-0.2, 0) is 14.3 Å². The second-order valence-corrected chi connectivity index (χ2v) is 11.5. The van der Waals surface area contributed by atoms with E-state index in [2.05, 4.69) is 18.7 Å². The molecule has 0 aliphatic carbocycles. The summed E-state index contributed by atoms with van der Waals surface area (Å²) < 4.78 is 17.4. The van der Waals surface area contributed by atoms with E-state index in [0.29, 0.717) is 67.1 Å². The van der Waals surface area contributed by atoms with E-state index in [9.17, 15) is 14.7 Å². The highest BCUT2D eigenvalue weighted by molar-refractivity contribution is 6.46. The number of benzene rings is 3. The summed E-state index contributed by atoms with van der Waals surface area (Å²) in [7, 11) is 0. The number of aryl methyl sites for hydroxylation is 1. The monoisotopic (exact) mass is 584 g/mol. The van der Waals surface area contributed by atoms with Crippen LogP contribution in [0.4, 0.5) is 0 Å². The number of carbonyl (C=O) groups excluding carboxylic acids is 2. The molecule has 2 saturated heterocycles. The van der Waals surface area contributed by atoms with Gasteiger partial charge >= 0.3 is 0 Å². The summed E-state index contributed by atoms with van der Waals surface area (Å²) in [5, 5.41) is 11.7. The molecule has 1 atom stereocenters. The summed E-state index contributed by atoms with van der Waals surface area (Å²) in [6, 6.07) is 21.4. The average Bonchev–Trinajstić information content (AvgIpc) is 3.26. The second kappa shape index (κ2) is 13.9. The first-order valence-electron chi connectivity index (χ1n) is 15.0. The Hall–Kier alpha value is -4.14. The third-order valence-electron chi connectivity index (χ3n) is 7.71. The molecule has 1 amide bonds. The van der Waals surface area contributed by atoms with Crippen molar-refractivity contribution < 1.29 is 28.9 Å². The average molecular weight is 585 g/mol. The molecule has 2 heterocycles. The molecule has 43 heavy (non-hydrogen) atoms. The van der Waals surface area contributed by atoms with E-state index >= 15 is 0 Å². The number of carbonyl (C=O) groups is 2. The topological polar surface area (TPSA) is 88.5 Å². The Morgan fingerprint density at radius 3 is 2.40 bits per heavy atom. The predicted molar refractivity (Wildman–Crippen MR) is 165 cm³/mol. The third kappa shape index (κ3) is 7.27. The van der Waals surface area contributed by atoms with Crippen LogP contribution in [-0.4, -0.2) is 72.6 Å². The van der Waals surface area contributed by atoms with Gasteiger partial charge in [0.15, 0.2) is 0 Å². The maximum Gasteiger partial charge on any atom is 0.295 e. The van der Waals surface area contributed by atoms with Gasteiger partial charge in [0.25, 0.3) is 11.7 Å². The number of nitrogens with zero attached hydrogens (tertiary/aromatic N) is 2. The van der Waals surface area contributed by atoms with Gasteiger partial charge in [0.2, 0.25) is 0 Å². The van der Waals surface area contributed by atoms with Crippen molar-refractivity contribution in [2.75, 3.05) is 46.0 Å². The number of aliphatic hydroxyl groups is 1. The lowest BCUT2D eigenvalue weighted by Gasteiger charge is -2.29. The van der Waals surface area contributed by atoms with E-state index < -0.39 is 17.7 Å². The maximum absolute atomic E-state index is 13.6. The van der Waals surface area contributed by atoms with Crippen molar-refractivity contribution in [1.82, 2.24) is 9.80 Å². The number of rotatable bonds is 11. The lowest BCUT2D eigenvalue weighted by Crippen LogP contribution is -2.38. The fourth-order valence-electron chi connectivity index (χ4n) is 5.52. The van der Waals surface area contributed by atoms with Crippen molar-refractivity contribution in [1.29, 1.82) is 0 Å². The molecular weight excluding hydrogens is 544 g/mol. The molecule has 0 radical (unpaired) electrons. The van der Waals surface area contributed by atoms with Gasteiger partial charge in [-0.05, 0) is 72.9 Å². The molecule has 226 valence electrons. The Morgan fingerprint density at radius 1 is 0.930 bits per heavy atom. The predicted octanol–water partition coefficient (Wildman–Crippen LogP) is 5.97. The maximum atomic E-state index is 13.6. The SMILES string of the molecule is Cc1cc(OCC(C)C)ccc1C(O)=C1C(=O)C(=O)N(CCCN2CCOCC2)[C@@H]1c1cccc(Oc2ccccc2)c1. The van der Waals surface area contributed by atoms with Crippen LogP contribution in [0.25, 0.3) is 5.76 Å².